The van der Waals surface area contributed by atoms with E-state index in [0.29, 0.717) is 18.8 Å². The van der Waals surface area contributed by atoms with Crippen LogP contribution in [0.5, 0.6) is 0 Å². The maximum absolute atomic E-state index is 12.7. The van der Waals surface area contributed by atoms with Crippen LogP contribution in [0.3, 0.4) is 0 Å². The zero-order chi connectivity index (χ0) is 22.1. The number of thiazole rings is 1. The summed E-state index contributed by atoms with van der Waals surface area (Å²) in [6.07, 6.45) is 3.84. The molecule has 5 rings (SSSR count). The van der Waals surface area contributed by atoms with Crippen molar-refractivity contribution in [2.75, 3.05) is 31.5 Å². The lowest BCUT2D eigenvalue weighted by molar-refractivity contribution is -0.117. The van der Waals surface area contributed by atoms with Crippen LogP contribution in [0, 0.1) is 0 Å². The van der Waals surface area contributed by atoms with Crippen molar-refractivity contribution in [1.29, 1.82) is 0 Å². The minimum atomic E-state index is -3.45. The maximum atomic E-state index is 12.7. The van der Waals surface area contributed by atoms with Gasteiger partial charge in [0, 0.05) is 18.8 Å². The van der Waals surface area contributed by atoms with Crippen LogP contribution in [-0.4, -0.2) is 54.7 Å². The molecule has 1 N–H and O–H groups in total. The molecule has 0 aliphatic carbocycles. The standard InChI is InChI=1S/C23H26N4O3S2/c28-22(24-17-9-11-18(12-10-17)32(29,30)27-14-3-4-15-27)16-26-13-5-7-20(26)23-25-19-6-1-2-8-21(19)31-23/h1-2,6,8-12,20H,3-5,7,13-16H2,(H,24,28). The molecular weight excluding hydrogens is 444 g/mol. The van der Waals surface area contributed by atoms with E-state index < -0.39 is 10.0 Å². The van der Waals surface area contributed by atoms with Gasteiger partial charge < -0.3 is 5.32 Å². The molecule has 32 heavy (non-hydrogen) atoms. The molecule has 1 unspecified atom stereocenters. The van der Waals surface area contributed by atoms with Crippen LogP contribution < -0.4 is 5.32 Å². The smallest absolute Gasteiger partial charge is 0.243 e. The number of amides is 1. The van der Waals surface area contributed by atoms with Crippen LogP contribution in [-0.2, 0) is 14.8 Å². The molecule has 2 saturated heterocycles. The highest BCUT2D eigenvalue weighted by molar-refractivity contribution is 7.89. The number of nitrogens with zero attached hydrogens (tertiary/aromatic N) is 3. The summed E-state index contributed by atoms with van der Waals surface area (Å²) >= 11 is 1.70. The van der Waals surface area contributed by atoms with Crippen molar-refractivity contribution < 1.29 is 13.2 Å². The number of likely N-dealkylation sites (tertiary alicyclic amines) is 1. The van der Waals surface area contributed by atoms with Gasteiger partial charge in [-0.3, -0.25) is 9.69 Å². The van der Waals surface area contributed by atoms with Gasteiger partial charge in [-0.15, -0.1) is 11.3 Å². The van der Waals surface area contributed by atoms with E-state index >= 15 is 0 Å². The molecule has 3 aromatic rings. The predicted octanol–water partition coefficient (Wildman–Crippen LogP) is 3.86. The average Bonchev–Trinajstić information content (AvgIpc) is 3.54. The van der Waals surface area contributed by atoms with Crippen molar-refractivity contribution in [2.24, 2.45) is 0 Å². The molecule has 7 nitrogen and oxygen atoms in total. The zero-order valence-corrected chi connectivity index (χ0v) is 19.4. The monoisotopic (exact) mass is 470 g/mol. The summed E-state index contributed by atoms with van der Waals surface area (Å²) in [6.45, 7) is 2.30. The Bertz CT molecular complexity index is 1180. The highest BCUT2D eigenvalue weighted by atomic mass is 32.2. The largest absolute Gasteiger partial charge is 0.325 e. The van der Waals surface area contributed by atoms with Crippen LogP contribution in [0.25, 0.3) is 10.2 Å². The summed E-state index contributed by atoms with van der Waals surface area (Å²) in [4.78, 5) is 19.9. The third kappa shape index (κ3) is 4.30. The van der Waals surface area contributed by atoms with E-state index in [4.69, 9.17) is 4.98 Å². The Balaban J connectivity index is 1.23. The first-order valence-electron chi connectivity index (χ1n) is 11.0. The maximum Gasteiger partial charge on any atom is 0.243 e. The number of fused-ring (bicyclic) bond motifs is 1. The van der Waals surface area contributed by atoms with E-state index in [9.17, 15) is 13.2 Å². The van der Waals surface area contributed by atoms with Crippen LogP contribution in [0.4, 0.5) is 5.69 Å². The lowest BCUT2D eigenvalue weighted by atomic mass is 10.2. The van der Waals surface area contributed by atoms with E-state index in [-0.39, 0.29) is 23.4 Å². The van der Waals surface area contributed by atoms with Crippen LogP contribution in [0.1, 0.15) is 36.7 Å². The summed E-state index contributed by atoms with van der Waals surface area (Å²) in [5, 5.41) is 3.97. The summed E-state index contributed by atoms with van der Waals surface area (Å²) in [7, 11) is -3.45. The Hall–Kier alpha value is -2.33. The quantitative estimate of drug-likeness (QED) is 0.592. The number of hydrogen-bond donors (Lipinski definition) is 1. The van der Waals surface area contributed by atoms with Crippen molar-refractivity contribution in [3.8, 4) is 0 Å². The molecule has 2 fully saturated rings. The third-order valence-corrected chi connectivity index (χ3v) is 9.20. The van der Waals surface area contributed by atoms with Gasteiger partial charge in [0.1, 0.15) is 5.01 Å². The molecular formula is C23H26N4O3S2. The molecule has 2 aliphatic heterocycles. The molecule has 2 aliphatic rings. The highest BCUT2D eigenvalue weighted by Gasteiger charge is 2.30. The van der Waals surface area contributed by atoms with Gasteiger partial charge >= 0.3 is 0 Å². The summed E-state index contributed by atoms with van der Waals surface area (Å²) < 4.78 is 28.0. The Labute approximate surface area is 192 Å². The first-order valence-corrected chi connectivity index (χ1v) is 13.3. The predicted molar refractivity (Wildman–Crippen MR) is 126 cm³/mol. The lowest BCUT2D eigenvalue weighted by Crippen LogP contribution is -2.33. The topological polar surface area (TPSA) is 82.6 Å². The second-order valence-electron chi connectivity index (χ2n) is 8.33. The van der Waals surface area contributed by atoms with Gasteiger partial charge in [0.05, 0.1) is 27.7 Å². The number of aromatic nitrogens is 1. The number of carbonyl (C=O) groups excluding carboxylic acids is 1. The van der Waals surface area contributed by atoms with E-state index in [1.54, 1.807) is 35.6 Å². The summed E-state index contributed by atoms with van der Waals surface area (Å²) in [5.74, 6) is -0.104. The SMILES string of the molecule is O=C(CN1CCCC1c1nc2ccccc2s1)Nc1ccc(S(=O)(=O)N2CCCC2)cc1. The molecule has 0 bridgehead atoms. The van der Waals surface area contributed by atoms with E-state index in [1.165, 1.54) is 9.01 Å². The zero-order valence-electron chi connectivity index (χ0n) is 17.7. The van der Waals surface area contributed by atoms with E-state index in [0.717, 1.165) is 42.8 Å². The molecule has 3 heterocycles. The van der Waals surface area contributed by atoms with Gasteiger partial charge in [0.25, 0.3) is 0 Å². The van der Waals surface area contributed by atoms with Gasteiger partial charge in [-0.2, -0.15) is 4.31 Å². The molecule has 1 amide bonds. The number of carbonyl (C=O) groups is 1. The third-order valence-electron chi connectivity index (χ3n) is 6.15. The van der Waals surface area contributed by atoms with Gasteiger partial charge in [-0.1, -0.05) is 12.1 Å². The van der Waals surface area contributed by atoms with Crippen molar-refractivity contribution in [3.05, 3.63) is 53.5 Å². The number of nitrogens with one attached hydrogen (secondary N) is 1. The number of hydrogen-bond acceptors (Lipinski definition) is 6. The number of rotatable bonds is 6. The Morgan fingerprint density at radius 1 is 1.03 bits per heavy atom. The van der Waals surface area contributed by atoms with Gasteiger partial charge in [0.15, 0.2) is 0 Å². The highest BCUT2D eigenvalue weighted by Crippen LogP contribution is 2.36. The first-order chi connectivity index (χ1) is 15.5. The molecule has 0 radical (unpaired) electrons. The van der Waals surface area contributed by atoms with Crippen LogP contribution in [0.15, 0.2) is 53.4 Å². The van der Waals surface area contributed by atoms with Crippen molar-refractivity contribution in [3.63, 3.8) is 0 Å². The van der Waals surface area contributed by atoms with Crippen molar-refractivity contribution in [1.82, 2.24) is 14.2 Å². The normalized spacial score (nSPS) is 20.2. The molecule has 2 aromatic carbocycles. The second-order valence-corrected chi connectivity index (χ2v) is 11.3. The fraction of sp³-hybridized carbons (Fsp3) is 0.391. The van der Waals surface area contributed by atoms with Crippen molar-refractivity contribution in [2.45, 2.75) is 36.6 Å². The molecule has 1 aromatic heterocycles. The Morgan fingerprint density at radius 2 is 1.78 bits per heavy atom. The summed E-state index contributed by atoms with van der Waals surface area (Å²) in [6, 6.07) is 14.7. The lowest BCUT2D eigenvalue weighted by Gasteiger charge is -2.22. The van der Waals surface area contributed by atoms with E-state index in [1.807, 2.05) is 18.2 Å². The minimum absolute atomic E-state index is 0.104. The minimum Gasteiger partial charge on any atom is -0.325 e. The van der Waals surface area contributed by atoms with Gasteiger partial charge in [-0.05, 0) is 68.6 Å². The first kappa shape index (κ1) is 21.5. The number of benzene rings is 2. The van der Waals surface area contributed by atoms with Crippen molar-refractivity contribution >= 4 is 43.2 Å². The Morgan fingerprint density at radius 3 is 2.53 bits per heavy atom. The molecule has 168 valence electrons. The number of sulfonamides is 1. The Kier molecular flexibility index (Phi) is 5.98. The molecule has 9 heteroatoms. The fourth-order valence-electron chi connectivity index (χ4n) is 4.50. The average molecular weight is 471 g/mol. The van der Waals surface area contributed by atoms with E-state index in [2.05, 4.69) is 16.3 Å². The summed E-state index contributed by atoms with van der Waals surface area (Å²) in [5.41, 5.74) is 1.61. The number of anilines is 1. The van der Waals surface area contributed by atoms with Crippen LogP contribution in [0.2, 0.25) is 0 Å². The van der Waals surface area contributed by atoms with Gasteiger partial charge in [-0.25, -0.2) is 13.4 Å². The fourth-order valence-corrected chi connectivity index (χ4v) is 7.15. The van der Waals surface area contributed by atoms with Crippen LogP contribution >= 0.6 is 11.3 Å². The van der Waals surface area contributed by atoms with Gasteiger partial charge in [0.2, 0.25) is 15.9 Å². The second kappa shape index (κ2) is 8.90. The number of para-hydroxylation sites is 1. The molecule has 1 atom stereocenters. The molecule has 0 saturated carbocycles. The molecule has 0 spiro atoms.